The van der Waals surface area contributed by atoms with Crippen molar-refractivity contribution in [2.45, 2.75) is 20.3 Å². The third kappa shape index (κ3) is 1.63. The molecule has 2 aromatic heterocycles. The molecule has 0 unspecified atom stereocenters. The van der Waals surface area contributed by atoms with E-state index < -0.39 is 0 Å². The van der Waals surface area contributed by atoms with E-state index in [4.69, 9.17) is 0 Å². The topological polar surface area (TPSA) is 56.0 Å². The number of aryl methyl sites for hydroxylation is 1. The number of aliphatic imine (C=N–C) groups is 1. The maximum absolute atomic E-state index is 4.38. The Morgan fingerprint density at radius 1 is 1.29 bits per heavy atom. The zero-order valence-corrected chi connectivity index (χ0v) is 9.88. The second-order valence-electron chi connectivity index (χ2n) is 4.21. The van der Waals surface area contributed by atoms with Gasteiger partial charge in [-0.25, -0.2) is 4.98 Å². The zero-order valence-electron chi connectivity index (χ0n) is 9.88. The van der Waals surface area contributed by atoms with Crippen LogP contribution in [-0.2, 0) is 6.42 Å². The van der Waals surface area contributed by atoms with Crippen LogP contribution in [0.15, 0.2) is 23.3 Å². The smallest absolute Gasteiger partial charge is 0.155 e. The fourth-order valence-corrected chi connectivity index (χ4v) is 2.03. The maximum atomic E-state index is 4.38. The van der Waals surface area contributed by atoms with Gasteiger partial charge in [-0.2, -0.15) is 4.68 Å². The molecule has 3 rings (SSSR count). The summed E-state index contributed by atoms with van der Waals surface area (Å²) in [6, 6.07) is 3.98. The average Bonchev–Trinajstić information content (AvgIpc) is 2.74. The number of aromatic nitrogens is 4. The van der Waals surface area contributed by atoms with E-state index in [9.17, 15) is 0 Å². The van der Waals surface area contributed by atoms with Gasteiger partial charge < -0.3 is 0 Å². The fourth-order valence-electron chi connectivity index (χ4n) is 2.03. The van der Waals surface area contributed by atoms with Crippen molar-refractivity contribution in [3.05, 3.63) is 35.3 Å². The number of hydrogen-bond donors (Lipinski definition) is 0. The van der Waals surface area contributed by atoms with E-state index in [0.717, 1.165) is 35.9 Å². The molecule has 0 aromatic carbocycles. The minimum atomic E-state index is 0.804. The van der Waals surface area contributed by atoms with Crippen LogP contribution in [0.3, 0.4) is 0 Å². The first-order valence-electron chi connectivity index (χ1n) is 5.65. The summed E-state index contributed by atoms with van der Waals surface area (Å²) in [4.78, 5) is 8.71. The minimum absolute atomic E-state index is 0.804. The van der Waals surface area contributed by atoms with Crippen LogP contribution < -0.4 is 0 Å². The summed E-state index contributed by atoms with van der Waals surface area (Å²) in [5.41, 5.74) is 4.14. The van der Waals surface area contributed by atoms with Gasteiger partial charge in [0.25, 0.3) is 0 Å². The van der Waals surface area contributed by atoms with Crippen LogP contribution in [0.5, 0.6) is 0 Å². The van der Waals surface area contributed by atoms with Crippen LogP contribution in [0.25, 0.3) is 5.82 Å². The van der Waals surface area contributed by atoms with Gasteiger partial charge in [-0.3, -0.25) is 4.99 Å². The van der Waals surface area contributed by atoms with Crippen LogP contribution in [0.4, 0.5) is 0 Å². The Labute approximate surface area is 99.2 Å². The highest BCUT2D eigenvalue weighted by atomic mass is 15.5. The SMILES string of the molecule is CC1=NCCc2c1nnn2-c1cc(C)ccn1. The van der Waals surface area contributed by atoms with Gasteiger partial charge in [0.2, 0.25) is 0 Å². The standard InChI is InChI=1S/C12H13N5/c1-8-3-5-14-11(7-8)17-10-4-6-13-9(2)12(10)15-16-17/h3,5,7H,4,6H2,1-2H3. The Morgan fingerprint density at radius 2 is 2.18 bits per heavy atom. The molecule has 5 heteroatoms. The van der Waals surface area contributed by atoms with E-state index in [1.807, 2.05) is 30.7 Å². The number of fused-ring (bicyclic) bond motifs is 1. The van der Waals surface area contributed by atoms with Crippen LogP contribution in [-0.4, -0.2) is 32.2 Å². The molecule has 0 fully saturated rings. The molecule has 5 nitrogen and oxygen atoms in total. The quantitative estimate of drug-likeness (QED) is 0.738. The number of pyridine rings is 1. The Bertz CT molecular complexity index is 597. The third-order valence-electron chi connectivity index (χ3n) is 2.92. The number of rotatable bonds is 1. The Balaban J connectivity index is 2.14. The summed E-state index contributed by atoms with van der Waals surface area (Å²) in [6.45, 7) is 4.82. The van der Waals surface area contributed by atoms with Crippen molar-refractivity contribution in [3.63, 3.8) is 0 Å². The van der Waals surface area contributed by atoms with E-state index in [2.05, 4.69) is 20.3 Å². The molecule has 2 aromatic rings. The highest BCUT2D eigenvalue weighted by molar-refractivity contribution is 5.98. The average molecular weight is 227 g/mol. The summed E-state index contributed by atoms with van der Waals surface area (Å²) in [5.74, 6) is 0.827. The number of nitrogens with zero attached hydrogens (tertiary/aromatic N) is 5. The molecular formula is C12H13N5. The van der Waals surface area contributed by atoms with Crippen LogP contribution in [0.1, 0.15) is 23.9 Å². The number of hydrogen-bond acceptors (Lipinski definition) is 4. The lowest BCUT2D eigenvalue weighted by molar-refractivity contribution is 0.736. The Hall–Kier alpha value is -2.04. The van der Waals surface area contributed by atoms with Gasteiger partial charge in [-0.05, 0) is 31.5 Å². The highest BCUT2D eigenvalue weighted by Gasteiger charge is 2.19. The lowest BCUT2D eigenvalue weighted by atomic mass is 10.1. The van der Waals surface area contributed by atoms with Gasteiger partial charge in [0, 0.05) is 19.2 Å². The van der Waals surface area contributed by atoms with Crippen molar-refractivity contribution in [1.29, 1.82) is 0 Å². The molecule has 3 heterocycles. The summed E-state index contributed by atoms with van der Waals surface area (Å²) in [7, 11) is 0. The van der Waals surface area contributed by atoms with E-state index >= 15 is 0 Å². The predicted octanol–water partition coefficient (Wildman–Crippen LogP) is 1.34. The third-order valence-corrected chi connectivity index (χ3v) is 2.92. The van der Waals surface area contributed by atoms with Gasteiger partial charge in [-0.15, -0.1) is 5.10 Å². The zero-order chi connectivity index (χ0) is 11.8. The van der Waals surface area contributed by atoms with Crippen molar-refractivity contribution in [2.75, 3.05) is 6.54 Å². The first kappa shape index (κ1) is 10.1. The van der Waals surface area contributed by atoms with Crippen molar-refractivity contribution in [3.8, 4) is 5.82 Å². The van der Waals surface area contributed by atoms with E-state index in [-0.39, 0.29) is 0 Å². The summed E-state index contributed by atoms with van der Waals surface area (Å²) < 4.78 is 1.82. The molecule has 86 valence electrons. The van der Waals surface area contributed by atoms with Gasteiger partial charge in [-0.1, -0.05) is 5.21 Å². The molecular weight excluding hydrogens is 214 g/mol. The molecule has 0 saturated carbocycles. The minimum Gasteiger partial charge on any atom is -0.287 e. The summed E-state index contributed by atoms with van der Waals surface area (Å²) >= 11 is 0. The molecule has 0 N–H and O–H groups in total. The molecule has 17 heavy (non-hydrogen) atoms. The van der Waals surface area contributed by atoms with Crippen LogP contribution in [0.2, 0.25) is 0 Å². The molecule has 0 amide bonds. The molecule has 0 saturated heterocycles. The molecule has 0 spiro atoms. The van der Waals surface area contributed by atoms with E-state index in [1.165, 1.54) is 5.56 Å². The lowest BCUT2D eigenvalue weighted by Gasteiger charge is -2.10. The van der Waals surface area contributed by atoms with Crippen molar-refractivity contribution in [1.82, 2.24) is 20.0 Å². The second kappa shape index (κ2) is 3.76. The molecule has 0 radical (unpaired) electrons. The van der Waals surface area contributed by atoms with Crippen LogP contribution >= 0.6 is 0 Å². The fraction of sp³-hybridized carbons (Fsp3) is 0.333. The van der Waals surface area contributed by atoms with Gasteiger partial charge >= 0.3 is 0 Å². The Morgan fingerprint density at radius 3 is 3.00 bits per heavy atom. The molecule has 1 aliphatic rings. The first-order valence-corrected chi connectivity index (χ1v) is 5.65. The molecule has 0 bridgehead atoms. The van der Waals surface area contributed by atoms with Crippen molar-refractivity contribution >= 4 is 5.71 Å². The first-order chi connectivity index (χ1) is 8.25. The molecule has 1 aliphatic heterocycles. The van der Waals surface area contributed by atoms with Gasteiger partial charge in [0.15, 0.2) is 5.82 Å². The maximum Gasteiger partial charge on any atom is 0.155 e. The lowest BCUT2D eigenvalue weighted by Crippen LogP contribution is -2.13. The Kier molecular flexibility index (Phi) is 2.24. The predicted molar refractivity (Wildman–Crippen MR) is 64.7 cm³/mol. The second-order valence-corrected chi connectivity index (χ2v) is 4.21. The largest absolute Gasteiger partial charge is 0.287 e. The monoisotopic (exact) mass is 227 g/mol. The van der Waals surface area contributed by atoms with E-state index in [0.29, 0.717) is 0 Å². The van der Waals surface area contributed by atoms with Crippen LogP contribution in [0, 0.1) is 6.92 Å². The van der Waals surface area contributed by atoms with Gasteiger partial charge in [0.05, 0.1) is 11.4 Å². The van der Waals surface area contributed by atoms with Gasteiger partial charge in [0.1, 0.15) is 5.69 Å². The normalized spacial score (nSPS) is 14.4. The highest BCUT2D eigenvalue weighted by Crippen LogP contribution is 2.16. The molecule has 0 atom stereocenters. The van der Waals surface area contributed by atoms with Crippen molar-refractivity contribution < 1.29 is 0 Å². The van der Waals surface area contributed by atoms with Crippen molar-refractivity contribution in [2.24, 2.45) is 4.99 Å². The van der Waals surface area contributed by atoms with E-state index in [1.54, 1.807) is 6.20 Å². The summed E-state index contributed by atoms with van der Waals surface area (Å²) in [6.07, 6.45) is 2.66. The summed E-state index contributed by atoms with van der Waals surface area (Å²) in [5, 5.41) is 8.37. The molecule has 0 aliphatic carbocycles.